The Kier molecular flexibility index (Phi) is 6.98. The molecule has 7 rings (SSSR count). The van der Waals surface area contributed by atoms with Crippen LogP contribution in [0.3, 0.4) is 0 Å². The smallest absolute Gasteiger partial charge is 0.317 e. The molecule has 3 aliphatic heterocycles. The van der Waals surface area contributed by atoms with Crippen molar-refractivity contribution >= 4 is 17.0 Å². The number of benzene rings is 1. The summed E-state index contributed by atoms with van der Waals surface area (Å²) in [6, 6.07) is 11.4. The third-order valence-corrected chi connectivity index (χ3v) is 11.0. The zero-order valence-electron chi connectivity index (χ0n) is 23.0. The highest BCUT2D eigenvalue weighted by atomic mass is 16.4. The highest BCUT2D eigenvalue weighted by molar-refractivity contribution is 5.76. The van der Waals surface area contributed by atoms with Crippen LogP contribution in [0.4, 0.5) is 0 Å². The summed E-state index contributed by atoms with van der Waals surface area (Å²) in [4.78, 5) is 22.2. The summed E-state index contributed by atoms with van der Waals surface area (Å²) in [5, 5.41) is 9.65. The number of carbonyl (C=O) groups is 1. The first-order valence-corrected chi connectivity index (χ1v) is 15.8. The van der Waals surface area contributed by atoms with Gasteiger partial charge in [0, 0.05) is 24.2 Å². The van der Waals surface area contributed by atoms with Crippen LogP contribution in [0.15, 0.2) is 24.3 Å². The Morgan fingerprint density at radius 3 is 2.24 bits per heavy atom. The highest BCUT2D eigenvalue weighted by Crippen LogP contribution is 2.48. The van der Waals surface area contributed by atoms with Gasteiger partial charge < -0.3 is 9.67 Å². The van der Waals surface area contributed by atoms with E-state index < -0.39 is 5.97 Å². The molecule has 2 unspecified atom stereocenters. The molecule has 5 aliphatic rings. The number of likely N-dealkylation sites (tertiary alicyclic amines) is 1. The van der Waals surface area contributed by atoms with Crippen molar-refractivity contribution < 1.29 is 9.90 Å². The van der Waals surface area contributed by atoms with Gasteiger partial charge in [-0.2, -0.15) is 0 Å². The third-order valence-electron chi connectivity index (χ3n) is 11.0. The van der Waals surface area contributed by atoms with Gasteiger partial charge in [-0.3, -0.25) is 14.6 Å². The van der Waals surface area contributed by atoms with Crippen molar-refractivity contribution in [3.05, 3.63) is 30.1 Å². The van der Waals surface area contributed by atoms with Crippen LogP contribution in [0, 0.1) is 11.8 Å². The average Bonchev–Trinajstić information content (AvgIpc) is 3.21. The standard InChI is InChI=1S/C32H46N4O2/c37-31(38)21-34-15-6-5-14-30(34)32-33-28-12-3-4-13-29(28)36(32)27-19-24-10-7-11-25(20-27)35(24)26-17-22-8-1-2-9-23(16-22)18-26/h3-4,12-13,22-27,30H,1-2,5-11,14-21H2,(H,37,38)/t22-,23+,24-,25+,26?,27?,30-/m1/s1. The van der Waals surface area contributed by atoms with Crippen molar-refractivity contribution in [2.45, 2.75) is 127 Å². The molecule has 206 valence electrons. The molecule has 2 saturated carbocycles. The second-order valence-electron chi connectivity index (χ2n) is 13.4. The van der Waals surface area contributed by atoms with Gasteiger partial charge in [-0.15, -0.1) is 0 Å². The van der Waals surface area contributed by atoms with Crippen LogP contribution >= 0.6 is 0 Å². The second-order valence-corrected chi connectivity index (χ2v) is 13.4. The minimum Gasteiger partial charge on any atom is -0.480 e. The number of carboxylic acids is 1. The SMILES string of the molecule is O=C(O)CN1CCCC[C@@H]1c1nc2ccccc2n1C1C[C@H]2CCC[C@@H](C1)N2C1C[C@H]2CCCC[C@@H](C1)C2. The van der Waals surface area contributed by atoms with E-state index in [-0.39, 0.29) is 12.6 Å². The molecule has 0 radical (unpaired) electrons. The first-order chi connectivity index (χ1) is 18.6. The number of rotatable bonds is 5. The molecule has 38 heavy (non-hydrogen) atoms. The summed E-state index contributed by atoms with van der Waals surface area (Å²) in [6.07, 6.45) is 20.0. The fraction of sp³-hybridized carbons (Fsp3) is 0.750. The van der Waals surface area contributed by atoms with E-state index in [1.165, 1.54) is 82.6 Å². The quantitative estimate of drug-likeness (QED) is 0.485. The van der Waals surface area contributed by atoms with Crippen molar-refractivity contribution in [2.75, 3.05) is 13.1 Å². The predicted octanol–water partition coefficient (Wildman–Crippen LogP) is 6.56. The van der Waals surface area contributed by atoms with Crippen molar-refractivity contribution in [1.82, 2.24) is 19.4 Å². The van der Waals surface area contributed by atoms with Crippen LogP contribution in [0.5, 0.6) is 0 Å². The zero-order valence-corrected chi connectivity index (χ0v) is 23.0. The minimum atomic E-state index is -0.726. The van der Waals surface area contributed by atoms with Gasteiger partial charge in [0.05, 0.1) is 23.6 Å². The fourth-order valence-corrected chi connectivity index (χ4v) is 9.63. The number of hydrogen-bond donors (Lipinski definition) is 1. The summed E-state index contributed by atoms with van der Waals surface area (Å²) in [7, 11) is 0. The lowest BCUT2D eigenvalue weighted by atomic mass is 9.73. The Balaban J connectivity index is 1.20. The minimum absolute atomic E-state index is 0.103. The lowest BCUT2D eigenvalue weighted by Gasteiger charge is -2.55. The van der Waals surface area contributed by atoms with Gasteiger partial charge >= 0.3 is 5.97 Å². The number of hydrogen-bond acceptors (Lipinski definition) is 4. The van der Waals surface area contributed by atoms with Gasteiger partial charge in [0.15, 0.2) is 0 Å². The topological polar surface area (TPSA) is 61.6 Å². The molecule has 2 aliphatic carbocycles. The molecule has 0 amide bonds. The second kappa shape index (κ2) is 10.6. The van der Waals surface area contributed by atoms with Gasteiger partial charge in [-0.25, -0.2) is 4.98 Å². The molecule has 1 aromatic heterocycles. The van der Waals surface area contributed by atoms with Crippen LogP contribution < -0.4 is 0 Å². The molecule has 3 saturated heterocycles. The number of aliphatic carboxylic acids is 1. The predicted molar refractivity (Wildman–Crippen MR) is 150 cm³/mol. The molecule has 1 N–H and O–H groups in total. The van der Waals surface area contributed by atoms with E-state index in [1.54, 1.807) is 0 Å². The molecule has 5 fully saturated rings. The van der Waals surface area contributed by atoms with E-state index >= 15 is 0 Å². The average molecular weight is 519 g/mol. The maximum absolute atomic E-state index is 11.7. The summed E-state index contributed by atoms with van der Waals surface area (Å²) in [6.45, 7) is 0.968. The van der Waals surface area contributed by atoms with Gasteiger partial charge in [0.2, 0.25) is 0 Å². The van der Waals surface area contributed by atoms with Gasteiger partial charge in [0.25, 0.3) is 0 Å². The molecule has 6 nitrogen and oxygen atoms in total. The Labute approximate surface area is 227 Å². The van der Waals surface area contributed by atoms with E-state index in [1.807, 2.05) is 0 Å². The summed E-state index contributed by atoms with van der Waals surface area (Å²) in [5.41, 5.74) is 2.33. The number of nitrogens with zero attached hydrogens (tertiary/aromatic N) is 4. The number of para-hydroxylation sites is 2. The first kappa shape index (κ1) is 25.1. The van der Waals surface area contributed by atoms with Gasteiger partial charge in [0.1, 0.15) is 5.82 Å². The van der Waals surface area contributed by atoms with Crippen LogP contribution in [-0.2, 0) is 4.79 Å². The molecule has 6 heteroatoms. The van der Waals surface area contributed by atoms with Gasteiger partial charge in [-0.1, -0.05) is 50.7 Å². The number of piperidine rings is 3. The molecular formula is C32H46N4O2. The summed E-state index contributed by atoms with van der Waals surface area (Å²) in [5.74, 6) is 2.34. The number of fused-ring (bicyclic) bond motifs is 5. The first-order valence-electron chi connectivity index (χ1n) is 15.8. The van der Waals surface area contributed by atoms with Crippen LogP contribution in [0.1, 0.15) is 114 Å². The Morgan fingerprint density at radius 2 is 1.50 bits per heavy atom. The van der Waals surface area contributed by atoms with E-state index in [9.17, 15) is 9.90 Å². The van der Waals surface area contributed by atoms with Crippen LogP contribution in [0.25, 0.3) is 11.0 Å². The molecule has 0 spiro atoms. The number of carboxylic acid groups (broad SMARTS) is 1. The lowest BCUT2D eigenvalue weighted by Crippen LogP contribution is -2.58. The maximum atomic E-state index is 11.7. The van der Waals surface area contributed by atoms with E-state index in [0.29, 0.717) is 18.1 Å². The van der Waals surface area contributed by atoms with Crippen LogP contribution in [-0.4, -0.2) is 61.6 Å². The van der Waals surface area contributed by atoms with Crippen molar-refractivity contribution in [1.29, 1.82) is 0 Å². The summed E-state index contributed by atoms with van der Waals surface area (Å²) < 4.78 is 2.60. The monoisotopic (exact) mass is 518 g/mol. The normalized spacial score (nSPS) is 36.7. The lowest BCUT2D eigenvalue weighted by molar-refractivity contribution is -0.139. The highest BCUT2D eigenvalue weighted by Gasteiger charge is 2.45. The van der Waals surface area contributed by atoms with Crippen LogP contribution in [0.2, 0.25) is 0 Å². The summed E-state index contributed by atoms with van der Waals surface area (Å²) >= 11 is 0. The fourth-order valence-electron chi connectivity index (χ4n) is 9.63. The molecule has 7 atom stereocenters. The zero-order chi connectivity index (χ0) is 25.6. The van der Waals surface area contributed by atoms with Crippen molar-refractivity contribution in [3.8, 4) is 0 Å². The van der Waals surface area contributed by atoms with E-state index in [0.717, 1.165) is 55.0 Å². The number of aromatic nitrogens is 2. The Bertz CT molecular complexity index is 1120. The largest absolute Gasteiger partial charge is 0.480 e. The molecule has 2 aromatic rings. The molecule has 4 bridgehead atoms. The third kappa shape index (κ3) is 4.70. The van der Waals surface area contributed by atoms with E-state index in [4.69, 9.17) is 4.98 Å². The molecular weight excluding hydrogens is 472 g/mol. The Hall–Kier alpha value is -1.92. The number of imidazole rings is 1. The maximum Gasteiger partial charge on any atom is 0.317 e. The Morgan fingerprint density at radius 1 is 0.789 bits per heavy atom. The van der Waals surface area contributed by atoms with Gasteiger partial charge in [-0.05, 0) is 88.3 Å². The van der Waals surface area contributed by atoms with Crippen molar-refractivity contribution in [2.24, 2.45) is 11.8 Å². The molecule has 1 aromatic carbocycles. The van der Waals surface area contributed by atoms with Crippen molar-refractivity contribution in [3.63, 3.8) is 0 Å². The van der Waals surface area contributed by atoms with E-state index in [2.05, 4.69) is 38.6 Å². The molecule has 4 heterocycles.